The fourth-order valence-corrected chi connectivity index (χ4v) is 1.64. The van der Waals surface area contributed by atoms with E-state index in [-0.39, 0.29) is 30.7 Å². The van der Waals surface area contributed by atoms with Crippen molar-refractivity contribution in [1.82, 2.24) is 9.88 Å². The van der Waals surface area contributed by atoms with Gasteiger partial charge in [0.05, 0.1) is 12.5 Å². The van der Waals surface area contributed by atoms with Crippen molar-refractivity contribution >= 4 is 11.9 Å². The van der Waals surface area contributed by atoms with Crippen LogP contribution < -0.4 is 4.74 Å². The lowest BCUT2D eigenvalue weighted by Crippen LogP contribution is -2.33. The molecule has 0 bridgehead atoms. The van der Waals surface area contributed by atoms with Gasteiger partial charge in [0.25, 0.3) is 5.91 Å². The molecule has 1 heterocycles. The molecule has 20 heavy (non-hydrogen) atoms. The molecule has 0 aromatic carbocycles. The molecule has 0 atom stereocenters. The van der Waals surface area contributed by atoms with Gasteiger partial charge >= 0.3 is 5.97 Å². The number of aliphatic carboxylic acids is 1. The summed E-state index contributed by atoms with van der Waals surface area (Å²) in [4.78, 5) is 28.4. The first-order chi connectivity index (χ1) is 9.43. The molecule has 1 rings (SSSR count). The lowest BCUT2D eigenvalue weighted by molar-refractivity contribution is -0.137. The van der Waals surface area contributed by atoms with Crippen molar-refractivity contribution < 1.29 is 19.4 Å². The zero-order chi connectivity index (χ0) is 15.1. The second kappa shape index (κ2) is 7.47. The summed E-state index contributed by atoms with van der Waals surface area (Å²) in [6.07, 6.45) is -0.107. The number of carbonyl (C=O) groups excluding carboxylic acids is 1. The van der Waals surface area contributed by atoms with Crippen molar-refractivity contribution in [1.29, 1.82) is 0 Å². The van der Waals surface area contributed by atoms with E-state index in [1.807, 2.05) is 13.8 Å². The molecule has 1 N–H and O–H groups in total. The zero-order valence-corrected chi connectivity index (χ0v) is 12.0. The van der Waals surface area contributed by atoms with Crippen molar-refractivity contribution in [3.05, 3.63) is 23.9 Å². The molecule has 6 heteroatoms. The smallest absolute Gasteiger partial charge is 0.305 e. The zero-order valence-electron chi connectivity index (χ0n) is 12.0. The summed E-state index contributed by atoms with van der Waals surface area (Å²) >= 11 is 0. The van der Waals surface area contributed by atoms with E-state index in [4.69, 9.17) is 9.84 Å². The van der Waals surface area contributed by atoms with Crippen LogP contribution in [-0.4, -0.2) is 46.1 Å². The summed E-state index contributed by atoms with van der Waals surface area (Å²) < 4.78 is 5.44. The lowest BCUT2D eigenvalue weighted by Gasteiger charge is -2.19. The Kier molecular flexibility index (Phi) is 5.96. The Morgan fingerprint density at radius 2 is 2.10 bits per heavy atom. The molecule has 0 saturated carbocycles. The fourth-order valence-electron chi connectivity index (χ4n) is 1.64. The molecule has 1 aromatic rings. The van der Waals surface area contributed by atoms with Gasteiger partial charge in [-0.15, -0.1) is 0 Å². The van der Waals surface area contributed by atoms with Crippen LogP contribution in [0.5, 0.6) is 5.88 Å². The largest absolute Gasteiger partial charge is 0.481 e. The van der Waals surface area contributed by atoms with E-state index in [9.17, 15) is 9.59 Å². The van der Waals surface area contributed by atoms with Crippen molar-refractivity contribution in [2.75, 3.05) is 13.1 Å². The van der Waals surface area contributed by atoms with Crippen LogP contribution in [0.4, 0.5) is 0 Å². The summed E-state index contributed by atoms with van der Waals surface area (Å²) in [6.45, 7) is 6.15. The monoisotopic (exact) mass is 280 g/mol. The molecular weight excluding hydrogens is 260 g/mol. The molecule has 0 spiro atoms. The molecular formula is C14H20N2O4. The number of nitrogens with zero attached hydrogens (tertiary/aromatic N) is 2. The maximum absolute atomic E-state index is 12.2. The van der Waals surface area contributed by atoms with E-state index in [1.54, 1.807) is 25.1 Å². The number of pyridine rings is 1. The molecule has 0 aliphatic heterocycles. The molecule has 0 saturated heterocycles. The second-order valence-corrected chi connectivity index (χ2v) is 4.56. The van der Waals surface area contributed by atoms with E-state index < -0.39 is 5.97 Å². The first-order valence-corrected chi connectivity index (χ1v) is 6.58. The van der Waals surface area contributed by atoms with Gasteiger partial charge in [-0.25, -0.2) is 4.98 Å². The van der Waals surface area contributed by atoms with Crippen LogP contribution in [0.1, 0.15) is 37.7 Å². The number of ether oxygens (including phenoxy) is 1. The minimum Gasteiger partial charge on any atom is -0.481 e. The minimum absolute atomic E-state index is 0.0258. The number of hydrogen-bond acceptors (Lipinski definition) is 4. The van der Waals surface area contributed by atoms with Crippen LogP contribution in [0, 0.1) is 0 Å². The Balaban J connectivity index is 2.81. The van der Waals surface area contributed by atoms with Crippen LogP contribution in [0.25, 0.3) is 0 Å². The molecule has 0 aliphatic carbocycles. The van der Waals surface area contributed by atoms with Crippen LogP contribution in [-0.2, 0) is 4.79 Å². The van der Waals surface area contributed by atoms with E-state index >= 15 is 0 Å². The molecule has 6 nitrogen and oxygen atoms in total. The topological polar surface area (TPSA) is 79.7 Å². The Bertz CT molecular complexity index is 474. The van der Waals surface area contributed by atoms with E-state index in [0.29, 0.717) is 12.4 Å². The van der Waals surface area contributed by atoms with Gasteiger partial charge in [-0.1, -0.05) is 6.07 Å². The maximum atomic E-state index is 12.2. The summed E-state index contributed by atoms with van der Waals surface area (Å²) in [7, 11) is 0. The molecule has 110 valence electrons. The highest BCUT2D eigenvalue weighted by atomic mass is 16.5. The third-order valence-electron chi connectivity index (χ3n) is 2.56. The van der Waals surface area contributed by atoms with Gasteiger partial charge in [0.2, 0.25) is 5.88 Å². The van der Waals surface area contributed by atoms with Crippen molar-refractivity contribution in [3.8, 4) is 5.88 Å². The van der Waals surface area contributed by atoms with Crippen molar-refractivity contribution in [2.24, 2.45) is 0 Å². The molecule has 1 aromatic heterocycles. The highest BCUT2D eigenvalue weighted by Crippen LogP contribution is 2.11. The number of carboxylic acid groups (broad SMARTS) is 1. The average Bonchev–Trinajstić information content (AvgIpc) is 2.38. The van der Waals surface area contributed by atoms with E-state index in [1.165, 1.54) is 4.90 Å². The second-order valence-electron chi connectivity index (χ2n) is 4.56. The first-order valence-electron chi connectivity index (χ1n) is 6.58. The Labute approximate surface area is 118 Å². The van der Waals surface area contributed by atoms with Gasteiger partial charge in [0, 0.05) is 19.2 Å². The van der Waals surface area contributed by atoms with Gasteiger partial charge in [-0.2, -0.15) is 0 Å². The normalized spacial score (nSPS) is 10.4. The standard InChI is InChI=1S/C14H20N2O4/c1-4-16(9-8-13(17)18)14(19)11-6-5-7-12(15-11)20-10(2)3/h5-7,10H,4,8-9H2,1-3H3,(H,17,18). The highest BCUT2D eigenvalue weighted by Gasteiger charge is 2.17. The van der Waals surface area contributed by atoms with Gasteiger partial charge < -0.3 is 14.7 Å². The minimum atomic E-state index is -0.930. The molecule has 0 unspecified atom stereocenters. The molecule has 0 fully saturated rings. The summed E-state index contributed by atoms with van der Waals surface area (Å²) in [5, 5.41) is 8.68. The fraction of sp³-hybridized carbons (Fsp3) is 0.500. The van der Waals surface area contributed by atoms with Gasteiger partial charge in [-0.05, 0) is 26.8 Å². The van der Waals surface area contributed by atoms with E-state index in [0.717, 1.165) is 0 Å². The Hall–Kier alpha value is -2.11. The summed E-state index contributed by atoms with van der Waals surface area (Å²) in [5.74, 6) is -0.829. The van der Waals surface area contributed by atoms with Gasteiger partial charge in [0.1, 0.15) is 5.69 Å². The highest BCUT2D eigenvalue weighted by molar-refractivity contribution is 5.92. The lowest BCUT2D eigenvalue weighted by atomic mass is 10.3. The SMILES string of the molecule is CCN(CCC(=O)O)C(=O)c1cccc(OC(C)C)n1. The summed E-state index contributed by atoms with van der Waals surface area (Å²) in [6, 6.07) is 4.98. The number of carboxylic acids is 1. The number of hydrogen-bond donors (Lipinski definition) is 1. The van der Waals surface area contributed by atoms with E-state index in [2.05, 4.69) is 4.98 Å². The average molecular weight is 280 g/mol. The molecule has 0 radical (unpaired) electrons. The third kappa shape index (κ3) is 4.87. The van der Waals surface area contributed by atoms with Gasteiger partial charge in [-0.3, -0.25) is 9.59 Å². The quantitative estimate of drug-likeness (QED) is 0.824. The number of amides is 1. The maximum Gasteiger partial charge on any atom is 0.305 e. The summed E-state index contributed by atoms with van der Waals surface area (Å²) in [5.41, 5.74) is 0.260. The van der Waals surface area contributed by atoms with Crippen LogP contribution in [0.3, 0.4) is 0 Å². The Morgan fingerprint density at radius 1 is 1.40 bits per heavy atom. The first kappa shape index (κ1) is 15.9. The number of aromatic nitrogens is 1. The van der Waals surface area contributed by atoms with Crippen LogP contribution >= 0.6 is 0 Å². The van der Waals surface area contributed by atoms with Crippen molar-refractivity contribution in [3.63, 3.8) is 0 Å². The van der Waals surface area contributed by atoms with Crippen LogP contribution in [0.2, 0.25) is 0 Å². The van der Waals surface area contributed by atoms with Gasteiger partial charge in [0.15, 0.2) is 0 Å². The van der Waals surface area contributed by atoms with Crippen LogP contribution in [0.15, 0.2) is 18.2 Å². The predicted octanol–water partition coefficient (Wildman–Crippen LogP) is 1.81. The number of rotatable bonds is 7. The van der Waals surface area contributed by atoms with Crippen molar-refractivity contribution in [2.45, 2.75) is 33.3 Å². The Morgan fingerprint density at radius 3 is 2.65 bits per heavy atom. The number of carbonyl (C=O) groups is 2. The molecule has 0 aliphatic rings. The predicted molar refractivity (Wildman–Crippen MR) is 73.8 cm³/mol. The molecule has 1 amide bonds. The third-order valence-corrected chi connectivity index (χ3v) is 2.56.